The molecule has 8 heteroatoms. The van der Waals surface area contributed by atoms with Crippen LogP contribution in [0.4, 0.5) is 11.4 Å². The number of benzene rings is 2. The van der Waals surface area contributed by atoms with E-state index in [4.69, 9.17) is 17.2 Å². The third-order valence-corrected chi connectivity index (χ3v) is 10.0. The number of amidine groups is 1. The van der Waals surface area contributed by atoms with Crippen LogP contribution in [0.1, 0.15) is 24.0 Å². The third kappa shape index (κ3) is 3.27. The molecule has 2 unspecified atom stereocenters. The molecule has 2 aromatic carbocycles. The molecule has 2 atom stereocenters. The maximum atomic E-state index is 11.2. The van der Waals surface area contributed by atoms with Gasteiger partial charge in [-0.2, -0.15) is 10.5 Å². The normalized spacial score (nSPS) is 28.4. The molecule has 2 bridgehead atoms. The average Bonchev–Trinajstić information content (AvgIpc) is 2.94. The van der Waals surface area contributed by atoms with Gasteiger partial charge in [0.05, 0.1) is 18.8 Å². The van der Waals surface area contributed by atoms with Crippen molar-refractivity contribution in [3.8, 4) is 12.1 Å². The van der Waals surface area contributed by atoms with E-state index in [1.807, 2.05) is 4.90 Å². The number of hydrogen-bond acceptors (Lipinski definition) is 7. The van der Waals surface area contributed by atoms with Crippen molar-refractivity contribution in [1.82, 2.24) is 9.80 Å². The molecule has 0 amide bonds. The minimum Gasteiger partial charge on any atom is -0.367 e. The van der Waals surface area contributed by atoms with E-state index in [2.05, 4.69) is 96.3 Å². The zero-order valence-corrected chi connectivity index (χ0v) is 23.1. The van der Waals surface area contributed by atoms with Crippen molar-refractivity contribution in [3.63, 3.8) is 0 Å². The number of nitrogens with zero attached hydrogens (tertiary/aromatic N) is 7. The number of piperidine rings is 3. The highest BCUT2D eigenvalue weighted by atomic mass is 32.1. The molecule has 4 heterocycles. The molecule has 0 aliphatic carbocycles. The molecule has 0 saturated carbocycles. The molecule has 0 N–H and O–H groups in total. The van der Waals surface area contributed by atoms with E-state index in [1.165, 1.54) is 11.1 Å². The number of hydrogen-bond donors (Lipinski definition) is 0. The Kier molecular flexibility index (Phi) is 5.75. The lowest BCUT2D eigenvalue weighted by atomic mass is 9.43. The Morgan fingerprint density at radius 1 is 0.816 bits per heavy atom. The van der Waals surface area contributed by atoms with Gasteiger partial charge in [-0.25, -0.2) is 4.99 Å². The Morgan fingerprint density at radius 2 is 1.34 bits per heavy atom. The molecule has 4 aliphatic rings. The lowest BCUT2D eigenvalue weighted by molar-refractivity contribution is -0.0395. The fourth-order valence-corrected chi connectivity index (χ4v) is 7.67. The molecule has 3 saturated heterocycles. The Balaban J connectivity index is 1.52. The van der Waals surface area contributed by atoms with E-state index < -0.39 is 16.2 Å². The van der Waals surface area contributed by atoms with E-state index >= 15 is 0 Å². The van der Waals surface area contributed by atoms with Gasteiger partial charge in [-0.05, 0) is 71.1 Å². The van der Waals surface area contributed by atoms with Crippen molar-refractivity contribution in [2.75, 3.05) is 56.4 Å². The van der Waals surface area contributed by atoms with Crippen LogP contribution in [0.2, 0.25) is 0 Å². The molecule has 0 aromatic heterocycles. The first kappa shape index (κ1) is 24.9. The quantitative estimate of drug-likeness (QED) is 0.543. The van der Waals surface area contributed by atoms with E-state index in [0.29, 0.717) is 31.4 Å². The van der Waals surface area contributed by atoms with Crippen LogP contribution in [0.25, 0.3) is 0 Å². The molecule has 6 rings (SSSR count). The topological polar surface area (TPSA) is 72.9 Å². The maximum absolute atomic E-state index is 11.2. The zero-order valence-electron chi connectivity index (χ0n) is 22.3. The summed E-state index contributed by atoms with van der Waals surface area (Å²) in [5.41, 5.74) is 1.93. The van der Waals surface area contributed by atoms with Gasteiger partial charge in [0.1, 0.15) is 28.3 Å². The van der Waals surface area contributed by atoms with Crippen LogP contribution >= 0.6 is 12.2 Å². The predicted molar refractivity (Wildman–Crippen MR) is 154 cm³/mol. The number of rotatable bonds is 2. The number of fused-ring (bicyclic) bond motifs is 2. The summed E-state index contributed by atoms with van der Waals surface area (Å²) in [6, 6.07) is 22.3. The highest BCUT2D eigenvalue weighted by Gasteiger charge is 2.76. The zero-order chi connectivity index (χ0) is 26.7. The lowest BCUT2D eigenvalue weighted by Crippen LogP contribution is -2.80. The third-order valence-electron chi connectivity index (χ3n) is 9.46. The highest BCUT2D eigenvalue weighted by Crippen LogP contribution is 2.66. The van der Waals surface area contributed by atoms with Crippen molar-refractivity contribution in [1.29, 1.82) is 10.5 Å². The van der Waals surface area contributed by atoms with Gasteiger partial charge in [-0.15, -0.1) is 0 Å². The molecule has 0 radical (unpaired) electrons. The van der Waals surface area contributed by atoms with E-state index in [0.717, 1.165) is 43.1 Å². The van der Waals surface area contributed by atoms with Gasteiger partial charge >= 0.3 is 0 Å². The number of aryl methyl sites for hydroxylation is 2. The van der Waals surface area contributed by atoms with E-state index in [1.54, 1.807) is 0 Å². The second-order valence-electron chi connectivity index (χ2n) is 11.5. The smallest absolute Gasteiger partial charge is 0.140 e. The van der Waals surface area contributed by atoms with Crippen molar-refractivity contribution < 1.29 is 0 Å². The standard InChI is InChI=1S/C30H33N7S/c1-22-4-8-24(9-5-22)35-18-28(16-31)26-33-20-36(25-10-6-23(2)7-11-25)21-37(26)27(38)29(17-32,19-35)30(28)12-14-34(3)15-13-30/h4-11H,12-15,18-21H2,1-3H3. The van der Waals surface area contributed by atoms with Crippen molar-refractivity contribution in [3.05, 3.63) is 59.7 Å². The van der Waals surface area contributed by atoms with E-state index in [9.17, 15) is 10.5 Å². The number of thiocarbonyl (C=S) groups is 1. The molecule has 1 spiro atoms. The largest absolute Gasteiger partial charge is 0.367 e. The van der Waals surface area contributed by atoms with Gasteiger partial charge < -0.3 is 19.6 Å². The minimum atomic E-state index is -0.988. The molecule has 38 heavy (non-hydrogen) atoms. The number of likely N-dealkylation sites (tertiary alicyclic amines) is 1. The van der Waals surface area contributed by atoms with Gasteiger partial charge in [0.15, 0.2) is 0 Å². The van der Waals surface area contributed by atoms with Crippen LogP contribution in [0.3, 0.4) is 0 Å². The van der Waals surface area contributed by atoms with Crippen LogP contribution < -0.4 is 9.80 Å². The molecule has 7 nitrogen and oxygen atoms in total. The van der Waals surface area contributed by atoms with Crippen LogP contribution in [0.15, 0.2) is 53.5 Å². The first-order valence-corrected chi connectivity index (χ1v) is 13.7. The van der Waals surface area contributed by atoms with Crippen molar-refractivity contribution in [2.45, 2.75) is 26.7 Å². The summed E-state index contributed by atoms with van der Waals surface area (Å²) in [5, 5.41) is 22.3. The van der Waals surface area contributed by atoms with Crippen LogP contribution in [0.5, 0.6) is 0 Å². The van der Waals surface area contributed by atoms with Crippen LogP contribution in [0, 0.1) is 52.8 Å². The fraction of sp³-hybridized carbons (Fsp3) is 0.467. The predicted octanol–water partition coefficient (Wildman–Crippen LogP) is 4.33. The number of anilines is 2. The number of nitriles is 2. The average molecular weight is 524 g/mol. The van der Waals surface area contributed by atoms with Crippen LogP contribution in [-0.4, -0.2) is 67.2 Å². The summed E-state index contributed by atoms with van der Waals surface area (Å²) in [4.78, 5) is 14.5. The lowest BCUT2D eigenvalue weighted by Gasteiger charge is -2.68. The summed E-state index contributed by atoms with van der Waals surface area (Å²) < 4.78 is 0. The van der Waals surface area contributed by atoms with Gasteiger partial charge in [-0.1, -0.05) is 47.6 Å². The Morgan fingerprint density at radius 3 is 1.89 bits per heavy atom. The van der Waals surface area contributed by atoms with Gasteiger partial charge in [0.25, 0.3) is 0 Å². The SMILES string of the molecule is Cc1ccc(N2CN=C3N(C2)C(=S)C2(C#N)CN(c4ccc(C)cc4)CC3(C#N)C23CCN(C)CC3)cc1. The first-order valence-electron chi connectivity index (χ1n) is 13.3. The Labute approximate surface area is 230 Å². The van der Waals surface area contributed by atoms with E-state index in [-0.39, 0.29) is 0 Å². The molecule has 4 aliphatic heterocycles. The van der Waals surface area contributed by atoms with Gasteiger partial charge in [0, 0.05) is 29.9 Å². The van der Waals surface area contributed by atoms with Gasteiger partial charge in [-0.3, -0.25) is 0 Å². The number of aliphatic imine (C=N–C) groups is 1. The first-order chi connectivity index (χ1) is 18.3. The molecule has 3 fully saturated rings. The Hall–Kier alpha value is -3.46. The van der Waals surface area contributed by atoms with Gasteiger partial charge in [0.2, 0.25) is 0 Å². The molecule has 2 aromatic rings. The summed E-state index contributed by atoms with van der Waals surface area (Å²) in [6.45, 7) is 7.75. The summed E-state index contributed by atoms with van der Waals surface area (Å²) in [5.74, 6) is 0.751. The maximum Gasteiger partial charge on any atom is 0.140 e. The summed E-state index contributed by atoms with van der Waals surface area (Å²) >= 11 is 6.30. The van der Waals surface area contributed by atoms with Crippen molar-refractivity contribution >= 4 is 34.4 Å². The van der Waals surface area contributed by atoms with Crippen molar-refractivity contribution in [2.24, 2.45) is 21.2 Å². The Bertz CT molecular complexity index is 1380. The molecule has 194 valence electrons. The second kappa shape index (κ2) is 8.80. The highest BCUT2D eigenvalue weighted by molar-refractivity contribution is 7.80. The summed E-state index contributed by atoms with van der Waals surface area (Å²) in [6.07, 6.45) is 1.50. The molecular formula is C30H33N7S. The monoisotopic (exact) mass is 523 g/mol. The fourth-order valence-electron chi connectivity index (χ4n) is 7.22. The van der Waals surface area contributed by atoms with Crippen LogP contribution in [-0.2, 0) is 0 Å². The minimum absolute atomic E-state index is 0.459. The second-order valence-corrected chi connectivity index (χ2v) is 11.9. The molecular weight excluding hydrogens is 490 g/mol. The summed E-state index contributed by atoms with van der Waals surface area (Å²) in [7, 11) is 2.12.